The van der Waals surface area contributed by atoms with E-state index in [4.69, 9.17) is 0 Å². The van der Waals surface area contributed by atoms with Gasteiger partial charge in [0, 0.05) is 10.8 Å². The standard InChI is InChI=1S/C19H14N2/c1-13-5-4-6-14(11-13)15-9-10-17-16-7-2-3-8-18(16)20-21-19(17)12-15/h2-12H,1H3. The van der Waals surface area contributed by atoms with Crippen LogP contribution in [-0.4, -0.2) is 10.2 Å². The molecule has 100 valence electrons. The van der Waals surface area contributed by atoms with E-state index in [9.17, 15) is 0 Å². The molecule has 0 fully saturated rings. The molecule has 4 aromatic rings. The van der Waals surface area contributed by atoms with Crippen LogP contribution in [0.2, 0.25) is 0 Å². The first-order chi connectivity index (χ1) is 10.3. The molecule has 4 rings (SSSR count). The van der Waals surface area contributed by atoms with Gasteiger partial charge in [-0.05, 0) is 30.2 Å². The summed E-state index contributed by atoms with van der Waals surface area (Å²) in [5.41, 5.74) is 5.53. The van der Waals surface area contributed by atoms with Gasteiger partial charge in [0.1, 0.15) is 0 Å². The Kier molecular flexibility index (Phi) is 2.68. The van der Waals surface area contributed by atoms with Gasteiger partial charge < -0.3 is 0 Å². The van der Waals surface area contributed by atoms with Crippen LogP contribution in [0.4, 0.5) is 0 Å². The van der Waals surface area contributed by atoms with Crippen LogP contribution in [0.3, 0.4) is 0 Å². The van der Waals surface area contributed by atoms with Gasteiger partial charge in [0.25, 0.3) is 0 Å². The average Bonchev–Trinajstić information content (AvgIpc) is 2.54. The van der Waals surface area contributed by atoms with E-state index in [1.807, 2.05) is 18.2 Å². The maximum atomic E-state index is 4.37. The van der Waals surface area contributed by atoms with Crippen molar-refractivity contribution in [1.29, 1.82) is 0 Å². The molecule has 0 bridgehead atoms. The number of fused-ring (bicyclic) bond motifs is 3. The molecule has 0 aliphatic heterocycles. The zero-order valence-corrected chi connectivity index (χ0v) is 11.7. The Bertz CT molecular complexity index is 958. The SMILES string of the molecule is Cc1cccc(-c2ccc3c(c2)nnc2ccccc23)c1. The third-order valence-electron chi connectivity index (χ3n) is 3.81. The molecule has 0 unspecified atom stereocenters. The smallest absolute Gasteiger partial charge is 0.0942 e. The Balaban J connectivity index is 1.97. The average molecular weight is 270 g/mol. The molecular formula is C19H14N2. The van der Waals surface area contributed by atoms with Crippen LogP contribution >= 0.6 is 0 Å². The molecule has 0 aliphatic rings. The minimum Gasteiger partial charge on any atom is -0.150 e. The van der Waals surface area contributed by atoms with Gasteiger partial charge in [-0.2, -0.15) is 0 Å². The Morgan fingerprint density at radius 3 is 2.29 bits per heavy atom. The summed E-state index contributed by atoms with van der Waals surface area (Å²) in [5, 5.41) is 11.0. The van der Waals surface area contributed by atoms with Gasteiger partial charge in [-0.25, -0.2) is 0 Å². The maximum absolute atomic E-state index is 4.37. The van der Waals surface area contributed by atoms with Crippen molar-refractivity contribution in [3.05, 3.63) is 72.3 Å². The summed E-state index contributed by atoms with van der Waals surface area (Å²) in [6.07, 6.45) is 0. The Labute approximate surface area is 123 Å². The lowest BCUT2D eigenvalue weighted by Crippen LogP contribution is -1.88. The van der Waals surface area contributed by atoms with E-state index in [0.717, 1.165) is 21.8 Å². The molecule has 0 amide bonds. The van der Waals surface area contributed by atoms with Crippen molar-refractivity contribution in [1.82, 2.24) is 10.2 Å². The minimum absolute atomic E-state index is 0.938. The van der Waals surface area contributed by atoms with Crippen molar-refractivity contribution in [3.8, 4) is 11.1 Å². The Morgan fingerprint density at radius 2 is 1.38 bits per heavy atom. The minimum atomic E-state index is 0.938. The number of hydrogen-bond acceptors (Lipinski definition) is 2. The van der Waals surface area contributed by atoms with Crippen LogP contribution in [-0.2, 0) is 0 Å². The fourth-order valence-corrected chi connectivity index (χ4v) is 2.74. The quantitative estimate of drug-likeness (QED) is 0.466. The van der Waals surface area contributed by atoms with E-state index >= 15 is 0 Å². The summed E-state index contributed by atoms with van der Waals surface area (Å²) in [6, 6.07) is 23.0. The summed E-state index contributed by atoms with van der Waals surface area (Å²) in [4.78, 5) is 0. The molecule has 1 aromatic heterocycles. The highest BCUT2D eigenvalue weighted by atomic mass is 15.1. The fraction of sp³-hybridized carbons (Fsp3) is 0.0526. The highest BCUT2D eigenvalue weighted by Crippen LogP contribution is 2.27. The van der Waals surface area contributed by atoms with Crippen molar-refractivity contribution < 1.29 is 0 Å². The molecule has 0 saturated heterocycles. The number of hydrogen-bond donors (Lipinski definition) is 0. The molecule has 0 aliphatic carbocycles. The van der Waals surface area contributed by atoms with E-state index in [0.29, 0.717) is 0 Å². The van der Waals surface area contributed by atoms with Crippen LogP contribution in [0.25, 0.3) is 32.9 Å². The molecule has 0 radical (unpaired) electrons. The third kappa shape index (κ3) is 2.05. The molecule has 0 N–H and O–H groups in total. The lowest BCUT2D eigenvalue weighted by Gasteiger charge is -2.06. The summed E-state index contributed by atoms with van der Waals surface area (Å²) >= 11 is 0. The predicted octanol–water partition coefficient (Wildman–Crippen LogP) is 4.76. The number of benzene rings is 3. The van der Waals surface area contributed by atoms with Gasteiger partial charge in [-0.1, -0.05) is 60.2 Å². The van der Waals surface area contributed by atoms with Gasteiger partial charge in [0.15, 0.2) is 0 Å². The molecular weight excluding hydrogens is 256 g/mol. The van der Waals surface area contributed by atoms with Crippen LogP contribution in [0.15, 0.2) is 66.7 Å². The topological polar surface area (TPSA) is 25.8 Å². The molecule has 2 nitrogen and oxygen atoms in total. The summed E-state index contributed by atoms with van der Waals surface area (Å²) in [5.74, 6) is 0. The lowest BCUT2D eigenvalue weighted by molar-refractivity contribution is 1.12. The van der Waals surface area contributed by atoms with Gasteiger partial charge >= 0.3 is 0 Å². The van der Waals surface area contributed by atoms with E-state index in [2.05, 4.69) is 65.7 Å². The molecule has 1 heterocycles. The zero-order chi connectivity index (χ0) is 14.2. The zero-order valence-electron chi connectivity index (χ0n) is 11.7. The van der Waals surface area contributed by atoms with Gasteiger partial charge in [0.2, 0.25) is 0 Å². The van der Waals surface area contributed by atoms with E-state index in [1.54, 1.807) is 0 Å². The number of rotatable bonds is 1. The van der Waals surface area contributed by atoms with Gasteiger partial charge in [-0.15, -0.1) is 10.2 Å². The van der Waals surface area contributed by atoms with E-state index in [-0.39, 0.29) is 0 Å². The van der Waals surface area contributed by atoms with Crippen LogP contribution < -0.4 is 0 Å². The van der Waals surface area contributed by atoms with Crippen molar-refractivity contribution in [2.75, 3.05) is 0 Å². The highest BCUT2D eigenvalue weighted by Gasteiger charge is 2.05. The second kappa shape index (κ2) is 4.67. The maximum Gasteiger partial charge on any atom is 0.0942 e. The van der Waals surface area contributed by atoms with Gasteiger partial charge in [-0.3, -0.25) is 0 Å². The van der Waals surface area contributed by atoms with Crippen LogP contribution in [0, 0.1) is 6.92 Å². The fourth-order valence-electron chi connectivity index (χ4n) is 2.74. The highest BCUT2D eigenvalue weighted by molar-refractivity contribution is 6.04. The molecule has 0 saturated carbocycles. The Hall–Kier alpha value is -2.74. The van der Waals surface area contributed by atoms with Crippen molar-refractivity contribution >= 4 is 21.8 Å². The summed E-state index contributed by atoms with van der Waals surface area (Å²) in [6.45, 7) is 2.11. The van der Waals surface area contributed by atoms with Crippen molar-refractivity contribution in [2.45, 2.75) is 6.92 Å². The molecule has 0 spiro atoms. The normalized spacial score (nSPS) is 11.1. The number of aryl methyl sites for hydroxylation is 1. The van der Waals surface area contributed by atoms with Gasteiger partial charge in [0.05, 0.1) is 11.0 Å². The Morgan fingerprint density at radius 1 is 0.619 bits per heavy atom. The van der Waals surface area contributed by atoms with E-state index < -0.39 is 0 Å². The summed E-state index contributed by atoms with van der Waals surface area (Å²) in [7, 11) is 0. The molecule has 21 heavy (non-hydrogen) atoms. The molecule has 2 heteroatoms. The summed E-state index contributed by atoms with van der Waals surface area (Å²) < 4.78 is 0. The molecule has 0 atom stereocenters. The second-order valence-electron chi connectivity index (χ2n) is 5.32. The second-order valence-corrected chi connectivity index (χ2v) is 5.32. The molecule has 3 aromatic carbocycles. The first-order valence-corrected chi connectivity index (χ1v) is 7.03. The first kappa shape index (κ1) is 12.0. The third-order valence-corrected chi connectivity index (χ3v) is 3.81. The van der Waals surface area contributed by atoms with Crippen molar-refractivity contribution in [2.24, 2.45) is 0 Å². The van der Waals surface area contributed by atoms with Crippen molar-refractivity contribution in [3.63, 3.8) is 0 Å². The van der Waals surface area contributed by atoms with Crippen LogP contribution in [0.1, 0.15) is 5.56 Å². The number of aromatic nitrogens is 2. The first-order valence-electron chi connectivity index (χ1n) is 7.03. The van der Waals surface area contributed by atoms with E-state index in [1.165, 1.54) is 16.7 Å². The lowest BCUT2D eigenvalue weighted by atomic mass is 10.0. The predicted molar refractivity (Wildman–Crippen MR) is 87.2 cm³/mol. The monoisotopic (exact) mass is 270 g/mol. The van der Waals surface area contributed by atoms with Crippen LogP contribution in [0.5, 0.6) is 0 Å². The largest absolute Gasteiger partial charge is 0.150 e. The number of nitrogens with zero attached hydrogens (tertiary/aromatic N) is 2.